The third kappa shape index (κ3) is 4.13. The highest BCUT2D eigenvalue weighted by Gasteiger charge is 2.30. The van der Waals surface area contributed by atoms with Crippen molar-refractivity contribution in [3.8, 4) is 11.3 Å². The molecule has 1 amide bonds. The van der Waals surface area contributed by atoms with Crippen LogP contribution >= 0.6 is 0 Å². The molecule has 0 atom stereocenters. The van der Waals surface area contributed by atoms with E-state index in [1.54, 1.807) is 4.52 Å². The summed E-state index contributed by atoms with van der Waals surface area (Å²) in [5, 5.41) is 10.8. The summed E-state index contributed by atoms with van der Waals surface area (Å²) in [5.41, 5.74) is 11.8. The first-order chi connectivity index (χ1) is 15.2. The second kappa shape index (κ2) is 8.20. The topological polar surface area (TPSA) is 97.3 Å². The van der Waals surface area contributed by atoms with Crippen molar-refractivity contribution in [3.63, 3.8) is 0 Å². The average molecular weight is 412 g/mol. The molecule has 0 saturated heterocycles. The van der Waals surface area contributed by atoms with Crippen LogP contribution in [-0.2, 0) is 17.9 Å². The molecule has 1 aliphatic rings. The van der Waals surface area contributed by atoms with Gasteiger partial charge in [0.15, 0.2) is 5.65 Å². The molecule has 0 aliphatic heterocycles. The zero-order valence-electron chi connectivity index (χ0n) is 17.1. The number of anilines is 2. The van der Waals surface area contributed by atoms with E-state index < -0.39 is 0 Å². The minimum absolute atomic E-state index is 0.00511. The molecule has 7 heteroatoms. The van der Waals surface area contributed by atoms with Crippen molar-refractivity contribution < 1.29 is 4.79 Å². The summed E-state index contributed by atoms with van der Waals surface area (Å²) in [6, 6.07) is 22.3. The zero-order valence-corrected chi connectivity index (χ0v) is 17.1. The summed E-state index contributed by atoms with van der Waals surface area (Å²) in [4.78, 5) is 16.5. The van der Waals surface area contributed by atoms with Crippen LogP contribution in [0.2, 0.25) is 0 Å². The summed E-state index contributed by atoms with van der Waals surface area (Å²) in [5.74, 6) is 0.471. The number of nitrogens with two attached hydrogens (primary N) is 1. The number of nitrogens with one attached hydrogen (secondary N) is 2. The van der Waals surface area contributed by atoms with Crippen molar-refractivity contribution in [1.29, 1.82) is 0 Å². The first-order valence-electron chi connectivity index (χ1n) is 10.5. The molecule has 0 bridgehead atoms. The minimum Gasteiger partial charge on any atom is -0.381 e. The van der Waals surface area contributed by atoms with Gasteiger partial charge in [-0.2, -0.15) is 4.98 Å². The number of nitrogens with zero attached hydrogens (tertiary/aromatic N) is 3. The SMILES string of the molecule is NCc1ccccc1NCc1ccc(-c2cccc3nc(NC(=O)C4CC4)nn23)cc1. The van der Waals surface area contributed by atoms with Gasteiger partial charge < -0.3 is 11.1 Å². The number of hydrogen-bond donors (Lipinski definition) is 3. The van der Waals surface area contributed by atoms with Crippen LogP contribution in [0.5, 0.6) is 0 Å². The molecule has 7 nitrogen and oxygen atoms in total. The van der Waals surface area contributed by atoms with Crippen LogP contribution in [-0.4, -0.2) is 20.5 Å². The minimum atomic E-state index is 0.00511. The van der Waals surface area contributed by atoms with Crippen molar-refractivity contribution in [1.82, 2.24) is 14.6 Å². The van der Waals surface area contributed by atoms with E-state index in [0.717, 1.165) is 35.3 Å². The number of aromatic nitrogens is 3. The molecule has 2 heterocycles. The summed E-state index contributed by atoms with van der Waals surface area (Å²) >= 11 is 0. The normalized spacial score (nSPS) is 13.3. The monoisotopic (exact) mass is 412 g/mol. The molecule has 0 unspecified atom stereocenters. The first-order valence-corrected chi connectivity index (χ1v) is 10.5. The Kier molecular flexibility index (Phi) is 5.09. The molecular formula is C24H24N6O. The smallest absolute Gasteiger partial charge is 0.249 e. The number of carbonyl (C=O) groups excluding carboxylic acids is 1. The van der Waals surface area contributed by atoms with E-state index in [4.69, 9.17) is 5.73 Å². The van der Waals surface area contributed by atoms with E-state index in [9.17, 15) is 4.79 Å². The fourth-order valence-electron chi connectivity index (χ4n) is 3.60. The van der Waals surface area contributed by atoms with Gasteiger partial charge >= 0.3 is 0 Å². The Labute approximate surface area is 180 Å². The molecule has 4 N–H and O–H groups in total. The highest BCUT2D eigenvalue weighted by molar-refractivity contribution is 5.92. The molecule has 2 aromatic carbocycles. The lowest BCUT2D eigenvalue weighted by molar-refractivity contribution is -0.117. The van der Waals surface area contributed by atoms with Crippen molar-refractivity contribution in [2.45, 2.75) is 25.9 Å². The first kappa shape index (κ1) is 19.3. The van der Waals surface area contributed by atoms with Gasteiger partial charge in [0.2, 0.25) is 11.9 Å². The highest BCUT2D eigenvalue weighted by Crippen LogP contribution is 2.30. The van der Waals surface area contributed by atoms with Gasteiger partial charge in [-0.25, -0.2) is 4.52 Å². The summed E-state index contributed by atoms with van der Waals surface area (Å²) in [6.07, 6.45) is 1.90. The van der Waals surface area contributed by atoms with Crippen LogP contribution in [0, 0.1) is 5.92 Å². The molecule has 156 valence electrons. The van der Waals surface area contributed by atoms with Gasteiger partial charge in [0.25, 0.3) is 0 Å². The Morgan fingerprint density at radius 3 is 2.61 bits per heavy atom. The summed E-state index contributed by atoms with van der Waals surface area (Å²) in [6.45, 7) is 1.22. The van der Waals surface area contributed by atoms with Crippen LogP contribution < -0.4 is 16.4 Å². The van der Waals surface area contributed by atoms with Gasteiger partial charge in [-0.05, 0) is 42.2 Å². The van der Waals surface area contributed by atoms with Crippen LogP contribution in [0.25, 0.3) is 16.9 Å². The van der Waals surface area contributed by atoms with Gasteiger partial charge in [-0.3, -0.25) is 10.1 Å². The Morgan fingerprint density at radius 1 is 1.03 bits per heavy atom. The molecule has 1 aliphatic carbocycles. The standard InChI is InChI=1S/C24H24N6O/c25-14-19-4-1-2-5-20(19)26-15-16-8-10-17(11-9-16)21-6-3-7-22-27-24(29-30(21)22)28-23(31)18-12-13-18/h1-11,18,26H,12-15,25H2,(H,28,29,31). The third-order valence-corrected chi connectivity index (χ3v) is 5.51. The molecule has 0 spiro atoms. The second-order valence-electron chi connectivity index (χ2n) is 7.79. The fraction of sp³-hybridized carbons (Fsp3) is 0.208. The van der Waals surface area contributed by atoms with E-state index in [2.05, 4.69) is 45.0 Å². The molecule has 0 radical (unpaired) electrons. The van der Waals surface area contributed by atoms with Gasteiger partial charge in [0.05, 0.1) is 5.69 Å². The summed E-state index contributed by atoms with van der Waals surface area (Å²) in [7, 11) is 0. The maximum absolute atomic E-state index is 12.0. The quantitative estimate of drug-likeness (QED) is 0.429. The molecule has 4 aromatic rings. The van der Waals surface area contributed by atoms with Crippen molar-refractivity contribution in [2.24, 2.45) is 11.7 Å². The predicted octanol–water partition coefficient (Wildman–Crippen LogP) is 3.82. The summed E-state index contributed by atoms with van der Waals surface area (Å²) < 4.78 is 1.77. The molecule has 1 saturated carbocycles. The Morgan fingerprint density at radius 2 is 1.84 bits per heavy atom. The lowest BCUT2D eigenvalue weighted by Gasteiger charge is -2.11. The number of carbonyl (C=O) groups is 1. The second-order valence-corrected chi connectivity index (χ2v) is 7.79. The number of hydrogen-bond acceptors (Lipinski definition) is 5. The van der Waals surface area contributed by atoms with Crippen LogP contribution in [0.1, 0.15) is 24.0 Å². The molecule has 1 fully saturated rings. The fourth-order valence-corrected chi connectivity index (χ4v) is 3.60. The number of rotatable bonds is 7. The van der Waals surface area contributed by atoms with Gasteiger partial charge in [-0.15, -0.1) is 5.10 Å². The largest absolute Gasteiger partial charge is 0.381 e. The van der Waals surface area contributed by atoms with E-state index in [-0.39, 0.29) is 11.8 Å². The maximum atomic E-state index is 12.0. The van der Waals surface area contributed by atoms with Crippen LogP contribution in [0.4, 0.5) is 11.6 Å². The number of pyridine rings is 1. The van der Waals surface area contributed by atoms with Gasteiger partial charge in [-0.1, -0.05) is 48.5 Å². The van der Waals surface area contributed by atoms with Gasteiger partial charge in [0.1, 0.15) is 0 Å². The maximum Gasteiger partial charge on any atom is 0.249 e. The van der Waals surface area contributed by atoms with Crippen LogP contribution in [0.3, 0.4) is 0 Å². The van der Waals surface area contributed by atoms with E-state index in [1.807, 2.05) is 42.5 Å². The van der Waals surface area contributed by atoms with Crippen molar-refractivity contribution in [2.75, 3.05) is 10.6 Å². The number of para-hydroxylation sites is 1. The highest BCUT2D eigenvalue weighted by atomic mass is 16.2. The van der Waals surface area contributed by atoms with Crippen molar-refractivity contribution >= 4 is 23.2 Å². The average Bonchev–Trinajstić information content (AvgIpc) is 3.58. The zero-order chi connectivity index (χ0) is 21.2. The van der Waals surface area contributed by atoms with E-state index in [0.29, 0.717) is 24.7 Å². The Balaban J connectivity index is 1.34. The number of benzene rings is 2. The van der Waals surface area contributed by atoms with Gasteiger partial charge in [0, 0.05) is 30.3 Å². The Bertz CT molecular complexity index is 1230. The lowest BCUT2D eigenvalue weighted by atomic mass is 10.1. The van der Waals surface area contributed by atoms with Crippen LogP contribution in [0.15, 0.2) is 66.7 Å². The molecule has 31 heavy (non-hydrogen) atoms. The number of amides is 1. The molecular weight excluding hydrogens is 388 g/mol. The Hall–Kier alpha value is -3.71. The molecule has 2 aromatic heterocycles. The van der Waals surface area contributed by atoms with E-state index in [1.165, 1.54) is 5.56 Å². The van der Waals surface area contributed by atoms with E-state index >= 15 is 0 Å². The third-order valence-electron chi connectivity index (χ3n) is 5.51. The predicted molar refractivity (Wildman–Crippen MR) is 121 cm³/mol. The van der Waals surface area contributed by atoms with Crippen molar-refractivity contribution in [3.05, 3.63) is 77.9 Å². The lowest BCUT2D eigenvalue weighted by Crippen LogP contribution is -2.14. The molecule has 5 rings (SSSR count). The number of fused-ring (bicyclic) bond motifs is 1.